The average molecular weight is 331 g/mol. The molecule has 0 saturated carbocycles. The summed E-state index contributed by atoms with van der Waals surface area (Å²) in [6.07, 6.45) is 10.3. The topological polar surface area (TPSA) is 66.8 Å². The quantitative estimate of drug-likeness (QED) is 0.348. The van der Waals surface area contributed by atoms with Crippen molar-refractivity contribution in [3.05, 3.63) is 0 Å². The van der Waals surface area contributed by atoms with Crippen molar-refractivity contribution in [3.63, 3.8) is 0 Å². The molecule has 0 fully saturated rings. The molecule has 0 spiro atoms. The number of hydrogen-bond acceptors (Lipinski definition) is 4. The predicted octanol–water partition coefficient (Wildman–Crippen LogP) is 4.22. The van der Waals surface area contributed by atoms with Crippen LogP contribution in [0.5, 0.6) is 0 Å². The molecule has 0 aliphatic carbocycles. The largest absolute Gasteiger partial charge is 0.464 e. The third kappa shape index (κ3) is 13.5. The maximum absolute atomic E-state index is 11.3. The zero-order chi connectivity index (χ0) is 17.5. The van der Waals surface area contributed by atoms with Crippen LogP contribution in [0.3, 0.4) is 0 Å². The lowest BCUT2D eigenvalue weighted by molar-refractivity contribution is -0.159. The van der Waals surface area contributed by atoms with Gasteiger partial charge in [-0.25, -0.2) is 4.79 Å². The summed E-state index contributed by atoms with van der Waals surface area (Å²) in [4.78, 5) is 11.3. The summed E-state index contributed by atoms with van der Waals surface area (Å²) in [5, 5.41) is 19.3. The van der Waals surface area contributed by atoms with Crippen LogP contribution in [0.15, 0.2) is 0 Å². The number of aliphatic hydroxyl groups excluding tert-OH is 2. The highest BCUT2D eigenvalue weighted by atomic mass is 16.5. The Morgan fingerprint density at radius 2 is 1.26 bits per heavy atom. The van der Waals surface area contributed by atoms with Gasteiger partial charge in [-0.05, 0) is 19.3 Å². The maximum atomic E-state index is 11.3. The summed E-state index contributed by atoms with van der Waals surface area (Å²) in [5.41, 5.74) is 0. The molecule has 0 amide bonds. The fourth-order valence-electron chi connectivity index (χ4n) is 2.69. The maximum Gasteiger partial charge on any atom is 0.337 e. The normalized spacial score (nSPS) is 14.0. The summed E-state index contributed by atoms with van der Waals surface area (Å²) in [6, 6.07) is 0. The number of carbonyl (C=O) groups is 1. The Balaban J connectivity index is 3.37. The Morgan fingerprint density at radius 1 is 0.826 bits per heavy atom. The molecule has 0 heterocycles. The van der Waals surface area contributed by atoms with Crippen LogP contribution in [-0.4, -0.2) is 35.0 Å². The van der Waals surface area contributed by atoms with E-state index < -0.39 is 18.2 Å². The molecule has 0 bridgehead atoms. The zero-order valence-electron chi connectivity index (χ0n) is 15.4. The van der Waals surface area contributed by atoms with Crippen LogP contribution in [0.1, 0.15) is 91.4 Å². The monoisotopic (exact) mass is 330 g/mol. The van der Waals surface area contributed by atoms with E-state index >= 15 is 0 Å². The number of hydrogen-bond donors (Lipinski definition) is 2. The molecule has 4 heteroatoms. The lowest BCUT2D eigenvalue weighted by Crippen LogP contribution is -2.35. The molecule has 138 valence electrons. The second kappa shape index (κ2) is 14.9. The van der Waals surface area contributed by atoms with Crippen molar-refractivity contribution in [3.8, 4) is 0 Å². The van der Waals surface area contributed by atoms with Gasteiger partial charge in [0.1, 0.15) is 0 Å². The predicted molar refractivity (Wildman–Crippen MR) is 94.3 cm³/mol. The average Bonchev–Trinajstić information content (AvgIpc) is 2.51. The van der Waals surface area contributed by atoms with Crippen molar-refractivity contribution < 1.29 is 19.7 Å². The van der Waals surface area contributed by atoms with Crippen molar-refractivity contribution >= 4 is 5.97 Å². The van der Waals surface area contributed by atoms with Crippen LogP contribution in [0.4, 0.5) is 0 Å². The van der Waals surface area contributed by atoms with Gasteiger partial charge < -0.3 is 14.9 Å². The Kier molecular flexibility index (Phi) is 14.6. The van der Waals surface area contributed by atoms with Gasteiger partial charge in [-0.1, -0.05) is 78.1 Å². The number of ether oxygens (including phenoxy) is 1. The first-order valence-corrected chi connectivity index (χ1v) is 9.51. The molecule has 0 aromatic rings. The van der Waals surface area contributed by atoms with Crippen molar-refractivity contribution in [1.29, 1.82) is 0 Å². The lowest BCUT2D eigenvalue weighted by Gasteiger charge is -2.16. The Labute approximate surface area is 142 Å². The van der Waals surface area contributed by atoms with E-state index in [4.69, 9.17) is 0 Å². The summed E-state index contributed by atoms with van der Waals surface area (Å²) >= 11 is 0. The van der Waals surface area contributed by atoms with Gasteiger partial charge in [0.05, 0.1) is 12.7 Å². The fourth-order valence-corrected chi connectivity index (χ4v) is 2.69. The highest BCUT2D eigenvalue weighted by molar-refractivity contribution is 5.75. The molecule has 4 nitrogen and oxygen atoms in total. The van der Waals surface area contributed by atoms with Crippen LogP contribution < -0.4 is 0 Å². The van der Waals surface area contributed by atoms with Crippen LogP contribution >= 0.6 is 0 Å². The van der Waals surface area contributed by atoms with E-state index in [1.165, 1.54) is 44.9 Å². The van der Waals surface area contributed by atoms with Crippen LogP contribution in [0.2, 0.25) is 0 Å². The van der Waals surface area contributed by atoms with E-state index in [-0.39, 0.29) is 6.61 Å². The minimum atomic E-state index is -1.40. The number of rotatable bonds is 15. The minimum Gasteiger partial charge on any atom is -0.464 e. The summed E-state index contributed by atoms with van der Waals surface area (Å²) in [6.45, 7) is 6.47. The second-order valence-electron chi connectivity index (χ2n) is 6.92. The SMILES string of the molecule is CCOC(=O)[C@@H](O)[C@H](O)CCCCCCCCCCCC(C)C. The fraction of sp³-hybridized carbons (Fsp3) is 0.947. The molecule has 0 aromatic heterocycles. The van der Waals surface area contributed by atoms with Gasteiger partial charge in [-0.2, -0.15) is 0 Å². The number of aliphatic hydroxyl groups is 2. The number of esters is 1. The van der Waals surface area contributed by atoms with Crippen LogP contribution in [-0.2, 0) is 9.53 Å². The molecule has 2 atom stereocenters. The molecule has 0 aliphatic heterocycles. The number of carbonyl (C=O) groups excluding carboxylic acids is 1. The van der Waals surface area contributed by atoms with Gasteiger partial charge in [0.25, 0.3) is 0 Å². The molecule has 0 aliphatic rings. The molecular formula is C19H38O4. The van der Waals surface area contributed by atoms with Gasteiger partial charge in [-0.15, -0.1) is 0 Å². The van der Waals surface area contributed by atoms with E-state index in [0.29, 0.717) is 6.42 Å². The Bertz CT molecular complexity index is 279. The molecule has 2 N–H and O–H groups in total. The molecule has 23 heavy (non-hydrogen) atoms. The van der Waals surface area contributed by atoms with Crippen molar-refractivity contribution in [2.75, 3.05) is 6.61 Å². The smallest absolute Gasteiger partial charge is 0.337 e. The molecule has 0 rings (SSSR count). The van der Waals surface area contributed by atoms with E-state index in [1.807, 2.05) is 0 Å². The molecular weight excluding hydrogens is 292 g/mol. The lowest BCUT2D eigenvalue weighted by atomic mass is 10.0. The molecule has 0 unspecified atom stereocenters. The third-order valence-electron chi connectivity index (χ3n) is 4.17. The van der Waals surface area contributed by atoms with Crippen molar-refractivity contribution in [2.45, 2.75) is 104 Å². The van der Waals surface area contributed by atoms with E-state index in [1.54, 1.807) is 6.92 Å². The molecule has 0 saturated heterocycles. The van der Waals surface area contributed by atoms with Crippen molar-refractivity contribution in [1.82, 2.24) is 0 Å². The summed E-state index contributed by atoms with van der Waals surface area (Å²) < 4.78 is 4.69. The molecule has 0 aromatic carbocycles. The van der Waals surface area contributed by atoms with E-state index in [0.717, 1.165) is 25.2 Å². The van der Waals surface area contributed by atoms with E-state index in [9.17, 15) is 15.0 Å². The van der Waals surface area contributed by atoms with Gasteiger partial charge in [0.15, 0.2) is 6.10 Å². The van der Waals surface area contributed by atoms with Gasteiger partial charge in [-0.3, -0.25) is 0 Å². The van der Waals surface area contributed by atoms with E-state index in [2.05, 4.69) is 18.6 Å². The minimum absolute atomic E-state index is 0.222. The molecule has 0 radical (unpaired) electrons. The van der Waals surface area contributed by atoms with Crippen molar-refractivity contribution in [2.24, 2.45) is 5.92 Å². The first-order chi connectivity index (χ1) is 11.0. The first kappa shape index (κ1) is 22.4. The van der Waals surface area contributed by atoms with Crippen LogP contribution in [0.25, 0.3) is 0 Å². The number of unbranched alkanes of at least 4 members (excludes halogenated alkanes) is 8. The third-order valence-corrected chi connectivity index (χ3v) is 4.17. The first-order valence-electron chi connectivity index (χ1n) is 9.51. The van der Waals surface area contributed by atoms with Gasteiger partial charge in [0, 0.05) is 0 Å². The standard InChI is InChI=1S/C19H38O4/c1-4-23-19(22)18(21)17(20)15-13-11-9-7-5-6-8-10-12-14-16(2)3/h16-18,20-21H,4-15H2,1-3H3/t17-,18+/m1/s1. The van der Waals surface area contributed by atoms with Gasteiger partial charge in [0.2, 0.25) is 0 Å². The highest BCUT2D eigenvalue weighted by Crippen LogP contribution is 2.14. The summed E-state index contributed by atoms with van der Waals surface area (Å²) in [7, 11) is 0. The van der Waals surface area contributed by atoms with Crippen LogP contribution in [0, 0.1) is 5.92 Å². The Hall–Kier alpha value is -0.610. The highest BCUT2D eigenvalue weighted by Gasteiger charge is 2.24. The Morgan fingerprint density at radius 3 is 1.70 bits per heavy atom. The summed E-state index contributed by atoms with van der Waals surface area (Å²) in [5.74, 6) is 0.102. The zero-order valence-corrected chi connectivity index (χ0v) is 15.4. The second-order valence-corrected chi connectivity index (χ2v) is 6.92. The van der Waals surface area contributed by atoms with Gasteiger partial charge >= 0.3 is 5.97 Å².